The summed E-state index contributed by atoms with van der Waals surface area (Å²) in [5, 5.41) is -0.285. The lowest BCUT2D eigenvalue weighted by Gasteiger charge is -2.04. The molecular formula is C6H2BCl5F5N. The van der Waals surface area contributed by atoms with Gasteiger partial charge in [0.25, 0.3) is 9.49 Å². The van der Waals surface area contributed by atoms with Crippen molar-refractivity contribution in [1.29, 1.82) is 0 Å². The lowest BCUT2D eigenvalue weighted by atomic mass is 10.3. The maximum absolute atomic E-state index is 13.2. The summed E-state index contributed by atoms with van der Waals surface area (Å²) in [6, 6.07) is 2.58. The minimum atomic E-state index is -6.00. The Hall–Kier alpha value is 0.315. The third-order valence-electron chi connectivity index (χ3n) is 1.26. The number of halogens is 10. The molecule has 18 heavy (non-hydrogen) atoms. The molecule has 0 spiro atoms. The zero-order valence-electron chi connectivity index (χ0n) is 7.96. The topological polar surface area (TPSA) is 3.88 Å². The third-order valence-corrected chi connectivity index (χ3v) is 2.59. The van der Waals surface area contributed by atoms with Crippen molar-refractivity contribution in [3.63, 3.8) is 0 Å². The molecule has 1 aromatic heterocycles. The first-order chi connectivity index (χ1) is 7.84. The van der Waals surface area contributed by atoms with Gasteiger partial charge in [-0.15, -0.1) is 0 Å². The first kappa shape index (κ1) is 18.3. The molecule has 1 nitrogen and oxygen atoms in total. The summed E-state index contributed by atoms with van der Waals surface area (Å²) in [5.74, 6) is 0. The van der Waals surface area contributed by atoms with Crippen LogP contribution in [0, 0.1) is 0 Å². The van der Waals surface area contributed by atoms with Crippen molar-refractivity contribution in [2.45, 2.75) is 3.79 Å². The van der Waals surface area contributed by atoms with E-state index in [1.54, 1.807) is 0 Å². The molecule has 1 rings (SSSR count). The molecule has 12 heteroatoms. The average molecular weight is 371 g/mol. The Bertz CT molecular complexity index is 414. The maximum atomic E-state index is 13.2. The van der Waals surface area contributed by atoms with Crippen molar-refractivity contribution < 1.29 is 26.5 Å². The zero-order chi connectivity index (χ0) is 14.7. The first-order valence-corrected chi connectivity index (χ1v) is 5.73. The highest BCUT2D eigenvalue weighted by Crippen LogP contribution is 2.37. The summed E-state index contributed by atoms with van der Waals surface area (Å²) >= 11 is 27.4. The largest absolute Gasteiger partial charge is 0.673 e. The van der Waals surface area contributed by atoms with Gasteiger partial charge in [-0.1, -0.05) is 46.4 Å². The summed E-state index contributed by atoms with van der Waals surface area (Å²) in [6.45, 7) is 0. The van der Waals surface area contributed by atoms with Crippen LogP contribution in [-0.2, 0) is 3.79 Å². The van der Waals surface area contributed by atoms with E-state index in [9.17, 15) is 21.7 Å². The molecule has 1 heterocycles. The highest BCUT2D eigenvalue weighted by Gasteiger charge is 2.37. The van der Waals surface area contributed by atoms with Crippen molar-refractivity contribution in [1.82, 2.24) is 0 Å². The molecule has 0 amide bonds. The number of hydrogen-bond donors (Lipinski definition) is 0. The predicted molar refractivity (Wildman–Crippen MR) is 62.6 cm³/mol. The minimum absolute atomic E-state index is 0.0247. The fourth-order valence-corrected chi connectivity index (χ4v) is 1.39. The summed E-state index contributed by atoms with van der Waals surface area (Å²) in [5.41, 5.74) is -0.202. The Morgan fingerprint density at radius 1 is 1.00 bits per heavy atom. The molecule has 0 radical (unpaired) electrons. The van der Waals surface area contributed by atoms with Crippen LogP contribution in [0.15, 0.2) is 12.1 Å². The summed E-state index contributed by atoms with van der Waals surface area (Å²) in [7, 11) is -6.00. The van der Waals surface area contributed by atoms with Gasteiger partial charge in [0.15, 0.2) is 0 Å². The van der Waals surface area contributed by atoms with Crippen LogP contribution in [0.4, 0.5) is 21.7 Å². The van der Waals surface area contributed by atoms with Gasteiger partial charge in [0.2, 0.25) is 0 Å². The normalized spacial score (nSPS) is 11.9. The molecule has 0 N–H and O–H groups in total. The molecule has 0 saturated heterocycles. The fraction of sp³-hybridized carbons (Fsp3) is 0.167. The molecule has 1 aromatic rings. The van der Waals surface area contributed by atoms with Crippen LogP contribution in [0.5, 0.6) is 0 Å². The fourth-order valence-electron chi connectivity index (χ4n) is 0.692. The first-order valence-electron chi connectivity index (χ1n) is 3.84. The van der Waals surface area contributed by atoms with E-state index in [1.165, 1.54) is 12.1 Å². The van der Waals surface area contributed by atoms with Gasteiger partial charge in [-0.25, -0.2) is 0 Å². The average Bonchev–Trinajstić information content (AvgIpc) is 2.09. The predicted octanol–water partition coefficient (Wildman–Crippen LogP) is 5.14. The van der Waals surface area contributed by atoms with E-state index in [0.717, 1.165) is 0 Å². The van der Waals surface area contributed by atoms with Gasteiger partial charge < -0.3 is 17.3 Å². The number of pyridine rings is 1. The van der Waals surface area contributed by atoms with Gasteiger partial charge >= 0.3 is 12.4 Å². The molecule has 0 fully saturated rings. The van der Waals surface area contributed by atoms with Crippen molar-refractivity contribution in [2.24, 2.45) is 0 Å². The van der Waals surface area contributed by atoms with Gasteiger partial charge in [0.05, 0.1) is 4.48 Å². The van der Waals surface area contributed by atoms with Crippen LogP contribution in [0.1, 0.15) is 5.69 Å². The summed E-state index contributed by atoms with van der Waals surface area (Å²) in [6.07, 6.45) is 0. The number of hydrogen-bond acceptors (Lipinski definition) is 0. The molecular weight excluding hydrogens is 369 g/mol. The number of rotatable bonds is 0. The second-order valence-electron chi connectivity index (χ2n) is 2.63. The van der Waals surface area contributed by atoms with Crippen LogP contribution >= 0.6 is 58.0 Å². The van der Waals surface area contributed by atoms with E-state index in [-0.39, 0.29) is 20.7 Å². The lowest BCUT2D eigenvalue weighted by molar-refractivity contribution is -0.847. The van der Waals surface area contributed by atoms with Crippen LogP contribution < -0.4 is 4.79 Å². The number of nitrogens with zero attached hydrogens (tertiary/aromatic N) is 1. The number of alkyl halides is 3. The standard InChI is InChI=1S/C6H2Cl5FN.BF4/c7-3-1-2-4(6(9,10)11)13(12)5(3)8;2-1(3,4)5/h1-2H;/q+1;-1. The van der Waals surface area contributed by atoms with Crippen LogP contribution in [-0.4, -0.2) is 7.25 Å². The van der Waals surface area contributed by atoms with Crippen molar-refractivity contribution >= 4 is 65.3 Å². The Labute approximate surface area is 123 Å². The smallest absolute Gasteiger partial charge is 0.418 e. The Kier molecular flexibility index (Phi) is 6.77. The van der Waals surface area contributed by atoms with E-state index in [0.29, 0.717) is 0 Å². The molecule has 0 unspecified atom stereocenters. The lowest BCUT2D eigenvalue weighted by Crippen LogP contribution is -2.34. The Morgan fingerprint density at radius 3 is 1.72 bits per heavy atom. The van der Waals surface area contributed by atoms with Crippen molar-refractivity contribution in [3.05, 3.63) is 28.0 Å². The van der Waals surface area contributed by atoms with Gasteiger partial charge in [-0.05, 0) is 17.7 Å². The molecule has 0 aliphatic heterocycles. The van der Waals surface area contributed by atoms with E-state index in [1.807, 2.05) is 0 Å². The molecule has 0 aromatic carbocycles. The Morgan fingerprint density at radius 2 is 1.39 bits per heavy atom. The second-order valence-corrected chi connectivity index (χ2v) is 5.68. The highest BCUT2D eigenvalue weighted by molar-refractivity contribution is 6.66. The molecule has 0 atom stereocenters. The van der Waals surface area contributed by atoms with Crippen LogP contribution in [0.25, 0.3) is 0 Å². The maximum Gasteiger partial charge on any atom is 0.673 e. The molecule has 0 bridgehead atoms. The zero-order valence-corrected chi connectivity index (χ0v) is 11.7. The molecule has 0 aliphatic carbocycles. The Balaban J connectivity index is 0.000000494. The summed E-state index contributed by atoms with van der Waals surface area (Å²) in [4.78, 5) is 0.0247. The van der Waals surface area contributed by atoms with Gasteiger partial charge in [-0.2, -0.15) is 0 Å². The van der Waals surface area contributed by atoms with Gasteiger partial charge in [-0.3, -0.25) is 0 Å². The van der Waals surface area contributed by atoms with E-state index < -0.39 is 11.0 Å². The molecule has 104 valence electrons. The van der Waals surface area contributed by atoms with Gasteiger partial charge in [0, 0.05) is 10.9 Å². The van der Waals surface area contributed by atoms with E-state index >= 15 is 0 Å². The van der Waals surface area contributed by atoms with E-state index in [2.05, 4.69) is 0 Å². The van der Waals surface area contributed by atoms with Crippen molar-refractivity contribution in [2.75, 3.05) is 0 Å². The van der Waals surface area contributed by atoms with Crippen LogP contribution in [0.3, 0.4) is 0 Å². The monoisotopic (exact) mass is 369 g/mol. The molecule has 0 aliphatic rings. The quantitative estimate of drug-likeness (QED) is 0.257. The van der Waals surface area contributed by atoms with E-state index in [4.69, 9.17) is 58.0 Å². The SMILES string of the molecule is F[B-](F)(F)F.F[n+]1c(C(Cl)(Cl)Cl)ccc(Cl)c1Cl. The number of aromatic nitrogens is 1. The molecule has 0 saturated carbocycles. The minimum Gasteiger partial charge on any atom is -0.418 e. The third kappa shape index (κ3) is 7.04. The van der Waals surface area contributed by atoms with Crippen molar-refractivity contribution in [3.8, 4) is 0 Å². The highest BCUT2D eigenvalue weighted by atomic mass is 35.6. The van der Waals surface area contributed by atoms with Crippen LogP contribution in [0.2, 0.25) is 10.2 Å². The summed E-state index contributed by atoms with van der Waals surface area (Å²) < 4.78 is 50.3. The second kappa shape index (κ2) is 6.66. The van der Waals surface area contributed by atoms with Gasteiger partial charge in [0.1, 0.15) is 5.02 Å².